The van der Waals surface area contributed by atoms with E-state index in [0.717, 1.165) is 26.3 Å². The van der Waals surface area contributed by atoms with Gasteiger partial charge in [0.1, 0.15) is 6.23 Å². The third-order valence-electron chi connectivity index (χ3n) is 3.49. The first kappa shape index (κ1) is 10.4. The Bertz CT molecular complexity index is 145. The highest BCUT2D eigenvalue weighted by atomic mass is 16.5. The summed E-state index contributed by atoms with van der Waals surface area (Å²) < 4.78 is 5.28. The van der Waals surface area contributed by atoms with Gasteiger partial charge in [0.25, 0.3) is 0 Å². The maximum Gasteiger partial charge on any atom is 0.110 e. The standard InChI is InChI=1S/C11H21NO2/c13-11(10-4-2-1-3-5-10)12-6-8-14-9-7-12/h10-11,13H,1-9H2. The number of nitrogens with zero attached hydrogens (tertiary/aromatic N) is 1. The summed E-state index contributed by atoms with van der Waals surface area (Å²) in [6.07, 6.45) is 6.15. The molecule has 2 fully saturated rings. The zero-order chi connectivity index (χ0) is 9.80. The molecule has 0 bridgehead atoms. The van der Waals surface area contributed by atoms with Gasteiger partial charge >= 0.3 is 0 Å². The lowest BCUT2D eigenvalue weighted by Gasteiger charge is -2.37. The molecule has 3 nitrogen and oxygen atoms in total. The summed E-state index contributed by atoms with van der Waals surface area (Å²) in [6.45, 7) is 3.36. The van der Waals surface area contributed by atoms with Gasteiger partial charge in [0.05, 0.1) is 13.2 Å². The zero-order valence-electron chi connectivity index (χ0n) is 8.82. The third kappa shape index (κ3) is 2.47. The van der Waals surface area contributed by atoms with Gasteiger partial charge in [-0.2, -0.15) is 0 Å². The van der Waals surface area contributed by atoms with Crippen LogP contribution in [0, 0.1) is 5.92 Å². The van der Waals surface area contributed by atoms with Crippen LogP contribution in [0.25, 0.3) is 0 Å². The van der Waals surface area contributed by atoms with E-state index in [0.29, 0.717) is 5.92 Å². The van der Waals surface area contributed by atoms with Gasteiger partial charge in [-0.05, 0) is 18.8 Å². The highest BCUT2D eigenvalue weighted by Crippen LogP contribution is 2.28. The Balaban J connectivity index is 1.82. The quantitative estimate of drug-likeness (QED) is 0.725. The van der Waals surface area contributed by atoms with Crippen molar-refractivity contribution in [3.8, 4) is 0 Å². The molecule has 1 saturated heterocycles. The first-order valence-corrected chi connectivity index (χ1v) is 5.88. The maximum absolute atomic E-state index is 10.2. The summed E-state index contributed by atoms with van der Waals surface area (Å²) in [5, 5.41) is 10.2. The molecular formula is C11H21NO2. The Hall–Kier alpha value is -0.120. The lowest BCUT2D eigenvalue weighted by Crippen LogP contribution is -2.47. The van der Waals surface area contributed by atoms with Crippen molar-refractivity contribution >= 4 is 0 Å². The summed E-state index contributed by atoms with van der Waals surface area (Å²) in [6, 6.07) is 0. The van der Waals surface area contributed by atoms with Crippen LogP contribution in [0.2, 0.25) is 0 Å². The Kier molecular flexibility index (Phi) is 3.79. The predicted molar refractivity (Wildman–Crippen MR) is 55.0 cm³/mol. The van der Waals surface area contributed by atoms with Gasteiger partial charge in [-0.3, -0.25) is 4.90 Å². The lowest BCUT2D eigenvalue weighted by atomic mass is 9.87. The van der Waals surface area contributed by atoms with E-state index in [2.05, 4.69) is 4.90 Å². The topological polar surface area (TPSA) is 32.7 Å². The molecule has 0 aromatic carbocycles. The number of ether oxygens (including phenoxy) is 1. The maximum atomic E-state index is 10.2. The molecule has 1 aliphatic heterocycles. The van der Waals surface area contributed by atoms with E-state index in [1.54, 1.807) is 0 Å². The molecule has 1 unspecified atom stereocenters. The van der Waals surface area contributed by atoms with Crippen LogP contribution in [0.5, 0.6) is 0 Å². The van der Waals surface area contributed by atoms with Crippen molar-refractivity contribution in [2.75, 3.05) is 26.3 Å². The molecule has 1 heterocycles. The summed E-state index contributed by atoms with van der Waals surface area (Å²) >= 11 is 0. The van der Waals surface area contributed by atoms with Gasteiger partial charge in [-0.25, -0.2) is 0 Å². The van der Waals surface area contributed by atoms with Crippen LogP contribution in [0.4, 0.5) is 0 Å². The van der Waals surface area contributed by atoms with E-state index in [1.807, 2.05) is 0 Å². The average molecular weight is 199 g/mol. The summed E-state index contributed by atoms with van der Waals surface area (Å²) in [7, 11) is 0. The number of aliphatic hydroxyl groups is 1. The average Bonchev–Trinajstić information content (AvgIpc) is 2.30. The molecule has 1 saturated carbocycles. The molecule has 0 aromatic rings. The summed E-state index contributed by atoms with van der Waals surface area (Å²) in [5.74, 6) is 0.516. The molecule has 0 amide bonds. The van der Waals surface area contributed by atoms with Gasteiger partial charge in [0, 0.05) is 13.1 Å². The second-order valence-electron chi connectivity index (χ2n) is 4.46. The fourth-order valence-electron chi connectivity index (χ4n) is 2.57. The summed E-state index contributed by atoms with van der Waals surface area (Å²) in [4.78, 5) is 2.18. The fraction of sp³-hybridized carbons (Fsp3) is 1.00. The first-order chi connectivity index (χ1) is 6.88. The molecule has 0 spiro atoms. The van der Waals surface area contributed by atoms with Crippen LogP contribution in [-0.4, -0.2) is 42.5 Å². The third-order valence-corrected chi connectivity index (χ3v) is 3.49. The van der Waals surface area contributed by atoms with Crippen molar-refractivity contribution in [3.05, 3.63) is 0 Å². The molecule has 0 aromatic heterocycles. The molecule has 82 valence electrons. The summed E-state index contributed by atoms with van der Waals surface area (Å²) in [5.41, 5.74) is 0. The van der Waals surface area contributed by atoms with Crippen molar-refractivity contribution < 1.29 is 9.84 Å². The smallest absolute Gasteiger partial charge is 0.110 e. The van der Waals surface area contributed by atoms with Gasteiger partial charge < -0.3 is 9.84 Å². The van der Waals surface area contributed by atoms with E-state index in [-0.39, 0.29) is 6.23 Å². The van der Waals surface area contributed by atoms with Crippen molar-refractivity contribution in [2.45, 2.75) is 38.3 Å². The molecule has 3 heteroatoms. The number of rotatable bonds is 2. The van der Waals surface area contributed by atoms with Crippen molar-refractivity contribution in [1.82, 2.24) is 4.90 Å². The zero-order valence-corrected chi connectivity index (χ0v) is 8.82. The molecule has 1 N–H and O–H groups in total. The molecule has 0 radical (unpaired) electrons. The first-order valence-electron chi connectivity index (χ1n) is 5.88. The normalized spacial score (nSPS) is 28.9. The van der Waals surface area contributed by atoms with Crippen molar-refractivity contribution in [3.63, 3.8) is 0 Å². The Labute approximate surface area is 86.0 Å². The minimum absolute atomic E-state index is 0.209. The second-order valence-corrected chi connectivity index (χ2v) is 4.46. The number of morpholine rings is 1. The van der Waals surface area contributed by atoms with E-state index in [9.17, 15) is 5.11 Å². The minimum atomic E-state index is -0.209. The van der Waals surface area contributed by atoms with Crippen LogP contribution < -0.4 is 0 Å². The van der Waals surface area contributed by atoms with Crippen LogP contribution >= 0.6 is 0 Å². The van der Waals surface area contributed by atoms with Gasteiger partial charge in [-0.1, -0.05) is 19.3 Å². The molecule has 2 rings (SSSR count). The van der Waals surface area contributed by atoms with Crippen LogP contribution in [0.3, 0.4) is 0 Å². The second kappa shape index (κ2) is 5.10. The van der Waals surface area contributed by atoms with Gasteiger partial charge in [-0.15, -0.1) is 0 Å². The number of aliphatic hydroxyl groups excluding tert-OH is 1. The molecular weight excluding hydrogens is 178 g/mol. The SMILES string of the molecule is OC(C1CCCCC1)N1CCOCC1. The van der Waals surface area contributed by atoms with Crippen LogP contribution in [-0.2, 0) is 4.74 Å². The van der Waals surface area contributed by atoms with E-state index in [4.69, 9.17) is 4.74 Å². The fourth-order valence-corrected chi connectivity index (χ4v) is 2.57. The Morgan fingerprint density at radius 1 is 1.07 bits per heavy atom. The van der Waals surface area contributed by atoms with Gasteiger partial charge in [0.2, 0.25) is 0 Å². The highest BCUT2D eigenvalue weighted by Gasteiger charge is 2.27. The van der Waals surface area contributed by atoms with Crippen LogP contribution in [0.1, 0.15) is 32.1 Å². The number of hydrogen-bond donors (Lipinski definition) is 1. The Morgan fingerprint density at radius 3 is 2.36 bits per heavy atom. The van der Waals surface area contributed by atoms with Crippen molar-refractivity contribution in [2.24, 2.45) is 5.92 Å². The van der Waals surface area contributed by atoms with E-state index < -0.39 is 0 Å². The molecule has 1 atom stereocenters. The monoisotopic (exact) mass is 199 g/mol. The van der Waals surface area contributed by atoms with Crippen molar-refractivity contribution in [1.29, 1.82) is 0 Å². The van der Waals surface area contributed by atoms with Crippen LogP contribution in [0.15, 0.2) is 0 Å². The van der Waals surface area contributed by atoms with Gasteiger partial charge in [0.15, 0.2) is 0 Å². The number of hydrogen-bond acceptors (Lipinski definition) is 3. The minimum Gasteiger partial charge on any atom is -0.379 e. The van der Waals surface area contributed by atoms with E-state index in [1.165, 1.54) is 32.1 Å². The highest BCUT2D eigenvalue weighted by molar-refractivity contribution is 4.75. The van der Waals surface area contributed by atoms with E-state index >= 15 is 0 Å². The predicted octanol–water partition coefficient (Wildman–Crippen LogP) is 1.22. The molecule has 2 aliphatic rings. The molecule has 1 aliphatic carbocycles. The largest absolute Gasteiger partial charge is 0.379 e. The molecule has 14 heavy (non-hydrogen) atoms. The lowest BCUT2D eigenvalue weighted by molar-refractivity contribution is -0.0919. The Morgan fingerprint density at radius 2 is 1.71 bits per heavy atom.